The van der Waals surface area contributed by atoms with E-state index in [2.05, 4.69) is 27.7 Å². The number of nitrogens with two attached hydrogens (primary N) is 1. The number of nitrogens with one attached hydrogen (secondary N) is 1. The van der Waals surface area contributed by atoms with Crippen molar-refractivity contribution in [3.05, 3.63) is 22.4 Å². The van der Waals surface area contributed by atoms with Crippen molar-refractivity contribution in [3.8, 4) is 0 Å². The average molecular weight is 295 g/mol. The number of nitrogens with zero attached hydrogens (tertiary/aromatic N) is 1. The molecule has 2 unspecified atom stereocenters. The zero-order valence-corrected chi connectivity index (χ0v) is 13.0. The van der Waals surface area contributed by atoms with Gasteiger partial charge in [0.2, 0.25) is 5.91 Å². The number of hydrogen-bond acceptors (Lipinski definition) is 4. The Bertz CT molecular complexity index is 405. The molecule has 0 aromatic carbocycles. The van der Waals surface area contributed by atoms with Gasteiger partial charge in [0, 0.05) is 37.0 Å². The van der Waals surface area contributed by atoms with E-state index in [4.69, 9.17) is 5.73 Å². The van der Waals surface area contributed by atoms with Gasteiger partial charge in [0.1, 0.15) is 0 Å². The molecule has 1 saturated heterocycles. The number of hydrogen-bond donors (Lipinski definition) is 2. The van der Waals surface area contributed by atoms with E-state index in [1.807, 2.05) is 18.3 Å². The number of amides is 1. The normalized spacial score (nSPS) is 21.6. The van der Waals surface area contributed by atoms with E-state index in [0.717, 1.165) is 19.6 Å². The highest BCUT2D eigenvalue weighted by Crippen LogP contribution is 2.19. The lowest BCUT2D eigenvalue weighted by molar-refractivity contribution is -0.121. The van der Waals surface area contributed by atoms with Crippen LogP contribution in [0.25, 0.3) is 0 Å². The van der Waals surface area contributed by atoms with Gasteiger partial charge in [-0.3, -0.25) is 9.69 Å². The molecule has 4 nitrogen and oxygen atoms in total. The second kappa shape index (κ2) is 7.76. The quantitative estimate of drug-likeness (QED) is 0.841. The monoisotopic (exact) mass is 295 g/mol. The van der Waals surface area contributed by atoms with E-state index in [-0.39, 0.29) is 11.9 Å². The number of piperidine rings is 1. The van der Waals surface area contributed by atoms with Crippen LogP contribution >= 0.6 is 11.3 Å². The summed E-state index contributed by atoms with van der Waals surface area (Å²) in [6, 6.07) is 4.24. The molecule has 0 radical (unpaired) electrons. The molecule has 1 aromatic heterocycles. The molecular formula is C15H25N3OS. The van der Waals surface area contributed by atoms with Crippen LogP contribution in [0.1, 0.15) is 31.1 Å². The number of carbonyl (C=O) groups excluding carboxylic acids is 1. The van der Waals surface area contributed by atoms with Crippen molar-refractivity contribution in [2.45, 2.75) is 38.8 Å². The SMILES string of the molecule is CC(N)CC(=O)NCC1CCCN(Cc2cccs2)C1. The average Bonchev–Trinajstić information content (AvgIpc) is 2.89. The fourth-order valence-electron chi connectivity index (χ4n) is 2.71. The summed E-state index contributed by atoms with van der Waals surface area (Å²) in [7, 11) is 0. The van der Waals surface area contributed by atoms with Gasteiger partial charge in [0.25, 0.3) is 0 Å². The van der Waals surface area contributed by atoms with Crippen LogP contribution in [0.3, 0.4) is 0 Å². The third-order valence-corrected chi connectivity index (χ3v) is 4.52. The van der Waals surface area contributed by atoms with E-state index in [0.29, 0.717) is 12.3 Å². The zero-order valence-electron chi connectivity index (χ0n) is 12.2. The van der Waals surface area contributed by atoms with Gasteiger partial charge in [-0.2, -0.15) is 0 Å². The minimum Gasteiger partial charge on any atom is -0.356 e. The molecule has 1 amide bonds. The molecule has 1 aliphatic rings. The van der Waals surface area contributed by atoms with Crippen LogP contribution < -0.4 is 11.1 Å². The van der Waals surface area contributed by atoms with Crippen LogP contribution in [0.15, 0.2) is 17.5 Å². The highest BCUT2D eigenvalue weighted by molar-refractivity contribution is 7.09. The van der Waals surface area contributed by atoms with Gasteiger partial charge in [-0.25, -0.2) is 0 Å². The summed E-state index contributed by atoms with van der Waals surface area (Å²) in [6.07, 6.45) is 2.85. The second-order valence-corrected chi connectivity index (χ2v) is 6.84. The summed E-state index contributed by atoms with van der Waals surface area (Å²) in [4.78, 5) is 15.6. The van der Waals surface area contributed by atoms with Crippen LogP contribution in [0.2, 0.25) is 0 Å². The van der Waals surface area contributed by atoms with Crippen molar-refractivity contribution in [1.29, 1.82) is 0 Å². The van der Waals surface area contributed by atoms with Crippen molar-refractivity contribution in [1.82, 2.24) is 10.2 Å². The fraction of sp³-hybridized carbons (Fsp3) is 0.667. The predicted molar refractivity (Wildman–Crippen MR) is 83.6 cm³/mol. The summed E-state index contributed by atoms with van der Waals surface area (Å²) in [5.41, 5.74) is 5.63. The maximum atomic E-state index is 11.6. The topological polar surface area (TPSA) is 58.4 Å². The van der Waals surface area contributed by atoms with Gasteiger partial charge in [-0.15, -0.1) is 11.3 Å². The van der Waals surface area contributed by atoms with Crippen LogP contribution in [0, 0.1) is 5.92 Å². The van der Waals surface area contributed by atoms with Crippen LogP contribution in [-0.2, 0) is 11.3 Å². The molecule has 3 N–H and O–H groups in total. The molecule has 0 aliphatic carbocycles. The Balaban J connectivity index is 1.71. The first-order valence-corrected chi connectivity index (χ1v) is 8.28. The van der Waals surface area contributed by atoms with E-state index in [1.165, 1.54) is 24.3 Å². The first-order valence-electron chi connectivity index (χ1n) is 7.40. The molecule has 112 valence electrons. The number of rotatable bonds is 6. The predicted octanol–water partition coefficient (Wildman–Crippen LogP) is 1.81. The zero-order chi connectivity index (χ0) is 14.4. The van der Waals surface area contributed by atoms with Crippen molar-refractivity contribution >= 4 is 17.2 Å². The number of thiophene rings is 1. The Morgan fingerprint density at radius 3 is 3.20 bits per heavy atom. The molecule has 5 heteroatoms. The standard InChI is InChI=1S/C15H25N3OS/c1-12(16)8-15(19)17-9-13-4-2-6-18(10-13)11-14-5-3-7-20-14/h3,5,7,12-13H,2,4,6,8-11,16H2,1H3,(H,17,19). The third kappa shape index (κ3) is 5.23. The molecule has 0 spiro atoms. The van der Waals surface area contributed by atoms with Gasteiger partial charge in [-0.05, 0) is 43.7 Å². The Kier molecular flexibility index (Phi) is 6.01. The van der Waals surface area contributed by atoms with E-state index >= 15 is 0 Å². The van der Waals surface area contributed by atoms with Crippen molar-refractivity contribution in [2.75, 3.05) is 19.6 Å². The maximum Gasteiger partial charge on any atom is 0.221 e. The Labute approximate surface area is 125 Å². The van der Waals surface area contributed by atoms with Gasteiger partial charge in [0.05, 0.1) is 0 Å². The van der Waals surface area contributed by atoms with Gasteiger partial charge in [0.15, 0.2) is 0 Å². The first kappa shape index (κ1) is 15.5. The first-order chi connectivity index (χ1) is 9.63. The Morgan fingerprint density at radius 1 is 1.65 bits per heavy atom. The molecule has 2 rings (SSSR count). The summed E-state index contributed by atoms with van der Waals surface area (Å²) >= 11 is 1.82. The highest BCUT2D eigenvalue weighted by atomic mass is 32.1. The van der Waals surface area contributed by atoms with E-state index < -0.39 is 0 Å². The summed E-state index contributed by atoms with van der Waals surface area (Å²) in [5.74, 6) is 0.649. The molecule has 1 aliphatic heterocycles. The lowest BCUT2D eigenvalue weighted by Crippen LogP contribution is -2.41. The molecule has 0 bridgehead atoms. The van der Waals surface area contributed by atoms with Crippen LogP contribution in [0.5, 0.6) is 0 Å². The van der Waals surface area contributed by atoms with Gasteiger partial charge >= 0.3 is 0 Å². The molecule has 1 aromatic rings. The second-order valence-electron chi connectivity index (χ2n) is 5.81. The Morgan fingerprint density at radius 2 is 2.50 bits per heavy atom. The minimum atomic E-state index is -0.0586. The molecule has 20 heavy (non-hydrogen) atoms. The lowest BCUT2D eigenvalue weighted by Gasteiger charge is -2.32. The Hall–Kier alpha value is -0.910. The van der Waals surface area contributed by atoms with E-state index in [9.17, 15) is 4.79 Å². The van der Waals surface area contributed by atoms with Crippen molar-refractivity contribution in [2.24, 2.45) is 11.7 Å². The summed E-state index contributed by atoms with van der Waals surface area (Å²) in [6.45, 7) is 5.94. The number of carbonyl (C=O) groups is 1. The third-order valence-electron chi connectivity index (χ3n) is 3.66. The lowest BCUT2D eigenvalue weighted by atomic mass is 9.98. The molecule has 2 atom stereocenters. The van der Waals surface area contributed by atoms with Gasteiger partial charge in [-0.1, -0.05) is 6.07 Å². The van der Waals surface area contributed by atoms with Crippen LogP contribution in [0.4, 0.5) is 0 Å². The molecule has 0 saturated carbocycles. The van der Waals surface area contributed by atoms with E-state index in [1.54, 1.807) is 0 Å². The molecule has 2 heterocycles. The van der Waals surface area contributed by atoms with Crippen molar-refractivity contribution < 1.29 is 4.79 Å². The summed E-state index contributed by atoms with van der Waals surface area (Å²) < 4.78 is 0. The van der Waals surface area contributed by atoms with Gasteiger partial charge < -0.3 is 11.1 Å². The highest BCUT2D eigenvalue weighted by Gasteiger charge is 2.20. The fourth-order valence-corrected chi connectivity index (χ4v) is 3.45. The molecule has 1 fully saturated rings. The van der Waals surface area contributed by atoms with Crippen LogP contribution in [-0.4, -0.2) is 36.5 Å². The largest absolute Gasteiger partial charge is 0.356 e. The number of likely N-dealkylation sites (tertiary alicyclic amines) is 1. The minimum absolute atomic E-state index is 0.0586. The van der Waals surface area contributed by atoms with Crippen molar-refractivity contribution in [3.63, 3.8) is 0 Å². The maximum absolute atomic E-state index is 11.6. The molecular weight excluding hydrogens is 270 g/mol. The smallest absolute Gasteiger partial charge is 0.221 e. The summed E-state index contributed by atoms with van der Waals surface area (Å²) in [5, 5.41) is 5.15.